The molecule has 0 spiro atoms. The van der Waals surface area contributed by atoms with E-state index in [1.54, 1.807) is 44.6 Å². The highest BCUT2D eigenvalue weighted by Gasteiger charge is 2.16. The molecule has 1 N–H and O–H groups in total. The molecule has 1 aromatic heterocycles. The quantitative estimate of drug-likeness (QED) is 0.383. The standard InChI is InChI=1S/C25H28ClN3O5/c1-31-22-13-18-21(14-23(22)32-2)27-15-28-24(18)34-17-8-9-20(19(26)12-17)29-25(30)33-11-10-16-6-4-3-5-7-16/h8-9,12-16H,3-7,10-11H2,1-2H3,(H,29,30). The number of nitrogens with one attached hydrogen (secondary N) is 1. The molecule has 0 saturated heterocycles. The van der Waals surface area contributed by atoms with Gasteiger partial charge < -0.3 is 18.9 Å². The van der Waals surface area contributed by atoms with Crippen LogP contribution >= 0.6 is 11.6 Å². The number of anilines is 1. The number of nitrogens with zero attached hydrogens (tertiary/aromatic N) is 2. The Bertz CT molecular complexity index is 1150. The number of methoxy groups -OCH3 is 2. The van der Waals surface area contributed by atoms with Gasteiger partial charge in [0, 0.05) is 12.1 Å². The van der Waals surface area contributed by atoms with Crippen LogP contribution in [0.2, 0.25) is 5.02 Å². The van der Waals surface area contributed by atoms with E-state index >= 15 is 0 Å². The van der Waals surface area contributed by atoms with Crippen molar-refractivity contribution in [3.63, 3.8) is 0 Å². The Morgan fingerprint density at radius 1 is 1.06 bits per heavy atom. The summed E-state index contributed by atoms with van der Waals surface area (Å²) in [6, 6.07) is 8.46. The second-order valence-electron chi connectivity index (χ2n) is 8.20. The summed E-state index contributed by atoms with van der Waals surface area (Å²) in [5.74, 6) is 2.54. The lowest BCUT2D eigenvalue weighted by Gasteiger charge is -2.21. The summed E-state index contributed by atoms with van der Waals surface area (Å²) < 4.78 is 22.0. The van der Waals surface area contributed by atoms with Crippen molar-refractivity contribution in [1.82, 2.24) is 9.97 Å². The molecule has 1 amide bonds. The molecule has 0 radical (unpaired) electrons. The van der Waals surface area contributed by atoms with Crippen LogP contribution in [-0.2, 0) is 4.74 Å². The van der Waals surface area contributed by atoms with Crippen LogP contribution in [0.25, 0.3) is 10.9 Å². The van der Waals surface area contributed by atoms with Gasteiger partial charge in [0.25, 0.3) is 0 Å². The topological polar surface area (TPSA) is 91.8 Å². The van der Waals surface area contributed by atoms with E-state index in [4.69, 9.17) is 30.5 Å². The molecular weight excluding hydrogens is 458 g/mol. The molecule has 1 saturated carbocycles. The van der Waals surface area contributed by atoms with Crippen molar-refractivity contribution in [2.45, 2.75) is 38.5 Å². The Kier molecular flexibility index (Phi) is 7.90. The number of carbonyl (C=O) groups excluding carboxylic acids is 1. The Balaban J connectivity index is 1.40. The van der Waals surface area contributed by atoms with Crippen molar-refractivity contribution in [1.29, 1.82) is 0 Å². The maximum atomic E-state index is 12.2. The number of rotatable bonds is 8. The first-order valence-corrected chi connectivity index (χ1v) is 11.7. The van der Waals surface area contributed by atoms with Gasteiger partial charge in [-0.1, -0.05) is 43.7 Å². The molecule has 1 aliphatic rings. The number of benzene rings is 2. The second kappa shape index (κ2) is 11.2. The summed E-state index contributed by atoms with van der Waals surface area (Å²) in [7, 11) is 3.12. The molecule has 180 valence electrons. The Hall–Kier alpha value is -3.26. The summed E-state index contributed by atoms with van der Waals surface area (Å²) >= 11 is 6.38. The van der Waals surface area contributed by atoms with Crippen LogP contribution in [-0.4, -0.2) is 36.9 Å². The molecule has 0 aliphatic heterocycles. The highest BCUT2D eigenvalue weighted by Crippen LogP contribution is 2.37. The van der Waals surface area contributed by atoms with Crippen molar-refractivity contribution in [2.24, 2.45) is 5.92 Å². The summed E-state index contributed by atoms with van der Waals surface area (Å²) in [5.41, 5.74) is 1.08. The lowest BCUT2D eigenvalue weighted by molar-refractivity contribution is 0.148. The Labute approximate surface area is 203 Å². The van der Waals surface area contributed by atoms with E-state index in [0.717, 1.165) is 6.42 Å². The second-order valence-corrected chi connectivity index (χ2v) is 8.61. The molecule has 0 atom stereocenters. The van der Waals surface area contributed by atoms with Gasteiger partial charge in [-0.15, -0.1) is 0 Å². The molecule has 2 aromatic carbocycles. The van der Waals surface area contributed by atoms with E-state index in [0.29, 0.717) is 57.3 Å². The number of aromatic nitrogens is 2. The molecule has 1 aliphatic carbocycles. The summed E-state index contributed by atoms with van der Waals surface area (Å²) in [4.78, 5) is 20.7. The van der Waals surface area contributed by atoms with E-state index in [2.05, 4.69) is 15.3 Å². The molecule has 0 unspecified atom stereocenters. The van der Waals surface area contributed by atoms with Crippen LogP contribution in [0, 0.1) is 5.92 Å². The molecular formula is C25H28ClN3O5. The minimum absolute atomic E-state index is 0.319. The largest absolute Gasteiger partial charge is 0.493 e. The molecule has 1 heterocycles. The van der Waals surface area contributed by atoms with Crippen molar-refractivity contribution >= 4 is 34.3 Å². The Morgan fingerprint density at radius 3 is 2.56 bits per heavy atom. The zero-order valence-corrected chi connectivity index (χ0v) is 20.1. The van der Waals surface area contributed by atoms with Crippen molar-refractivity contribution in [2.75, 3.05) is 26.1 Å². The average Bonchev–Trinajstić information content (AvgIpc) is 2.85. The van der Waals surface area contributed by atoms with Gasteiger partial charge in [0.15, 0.2) is 11.5 Å². The number of ether oxygens (including phenoxy) is 4. The van der Waals surface area contributed by atoms with Gasteiger partial charge in [0.2, 0.25) is 5.88 Å². The number of hydrogen-bond donors (Lipinski definition) is 1. The van der Waals surface area contributed by atoms with Crippen LogP contribution in [0.3, 0.4) is 0 Å². The van der Waals surface area contributed by atoms with Crippen LogP contribution in [0.1, 0.15) is 38.5 Å². The maximum absolute atomic E-state index is 12.2. The summed E-state index contributed by atoms with van der Waals surface area (Å²) in [6.07, 6.45) is 8.09. The third-order valence-corrected chi connectivity index (χ3v) is 6.29. The third-order valence-electron chi connectivity index (χ3n) is 5.98. The van der Waals surface area contributed by atoms with Gasteiger partial charge in [0.05, 0.1) is 42.4 Å². The fraction of sp³-hybridized carbons (Fsp3) is 0.400. The van der Waals surface area contributed by atoms with Crippen LogP contribution in [0.15, 0.2) is 36.7 Å². The minimum atomic E-state index is -0.519. The minimum Gasteiger partial charge on any atom is -0.493 e. The molecule has 3 aromatic rings. The number of halogens is 1. The van der Waals surface area contributed by atoms with Crippen LogP contribution in [0.5, 0.6) is 23.1 Å². The summed E-state index contributed by atoms with van der Waals surface area (Å²) in [5, 5.41) is 3.66. The smallest absolute Gasteiger partial charge is 0.411 e. The van der Waals surface area contributed by atoms with Crippen LogP contribution in [0.4, 0.5) is 10.5 Å². The number of carbonyl (C=O) groups is 1. The first-order chi connectivity index (χ1) is 16.6. The summed E-state index contributed by atoms with van der Waals surface area (Å²) in [6.45, 7) is 0.407. The fourth-order valence-electron chi connectivity index (χ4n) is 4.15. The number of amides is 1. The molecule has 0 bridgehead atoms. The molecule has 1 fully saturated rings. The lowest BCUT2D eigenvalue weighted by atomic mass is 9.87. The number of hydrogen-bond acceptors (Lipinski definition) is 7. The SMILES string of the molecule is COc1cc2ncnc(Oc3ccc(NC(=O)OCCC4CCCCC4)c(Cl)c3)c2cc1OC. The van der Waals surface area contributed by atoms with Gasteiger partial charge in [-0.3, -0.25) is 5.32 Å². The molecule has 9 heteroatoms. The van der Waals surface area contributed by atoms with Gasteiger partial charge >= 0.3 is 6.09 Å². The van der Waals surface area contributed by atoms with Gasteiger partial charge in [-0.2, -0.15) is 0 Å². The van der Waals surface area contributed by atoms with Crippen molar-refractivity contribution < 1.29 is 23.7 Å². The van der Waals surface area contributed by atoms with E-state index in [1.165, 1.54) is 38.4 Å². The first kappa shape index (κ1) is 23.9. The first-order valence-electron chi connectivity index (χ1n) is 11.3. The normalized spacial score (nSPS) is 14.0. The molecule has 8 nitrogen and oxygen atoms in total. The highest BCUT2D eigenvalue weighted by atomic mass is 35.5. The molecule has 34 heavy (non-hydrogen) atoms. The zero-order chi connectivity index (χ0) is 23.9. The van der Waals surface area contributed by atoms with E-state index in [1.807, 2.05) is 0 Å². The number of fused-ring (bicyclic) bond motifs is 1. The molecule has 4 rings (SSSR count). The van der Waals surface area contributed by atoms with Gasteiger partial charge in [-0.25, -0.2) is 14.8 Å². The highest BCUT2D eigenvalue weighted by molar-refractivity contribution is 6.33. The Morgan fingerprint density at radius 2 is 1.82 bits per heavy atom. The lowest BCUT2D eigenvalue weighted by Crippen LogP contribution is -2.17. The zero-order valence-electron chi connectivity index (χ0n) is 19.3. The predicted octanol–water partition coefficient (Wildman–Crippen LogP) is 6.61. The van der Waals surface area contributed by atoms with E-state index < -0.39 is 6.09 Å². The van der Waals surface area contributed by atoms with Crippen LogP contribution < -0.4 is 19.5 Å². The van der Waals surface area contributed by atoms with Crippen molar-refractivity contribution in [3.8, 4) is 23.1 Å². The maximum Gasteiger partial charge on any atom is 0.411 e. The monoisotopic (exact) mass is 485 g/mol. The van der Waals surface area contributed by atoms with E-state index in [9.17, 15) is 4.79 Å². The van der Waals surface area contributed by atoms with Gasteiger partial charge in [-0.05, 0) is 30.5 Å². The predicted molar refractivity (Wildman–Crippen MR) is 130 cm³/mol. The third kappa shape index (κ3) is 5.80. The van der Waals surface area contributed by atoms with Crippen molar-refractivity contribution in [3.05, 3.63) is 41.7 Å². The fourth-order valence-corrected chi connectivity index (χ4v) is 4.37. The average molecular weight is 486 g/mol. The van der Waals surface area contributed by atoms with E-state index in [-0.39, 0.29) is 0 Å². The van der Waals surface area contributed by atoms with Gasteiger partial charge in [0.1, 0.15) is 12.1 Å².